The van der Waals surface area contributed by atoms with Gasteiger partial charge in [0.25, 0.3) is 0 Å². The fourth-order valence-electron chi connectivity index (χ4n) is 1.66. The van der Waals surface area contributed by atoms with Gasteiger partial charge in [-0.15, -0.1) is 0 Å². The van der Waals surface area contributed by atoms with Crippen LogP contribution < -0.4 is 10.5 Å². The number of rotatable bonds is 3. The number of para-hydroxylation sites is 1. The summed E-state index contributed by atoms with van der Waals surface area (Å²) >= 11 is 3.23. The lowest BCUT2D eigenvalue weighted by atomic mass is 10.1. The molecular weight excluding hydrogens is 297 g/mol. The van der Waals surface area contributed by atoms with E-state index in [0.717, 1.165) is 5.56 Å². The third kappa shape index (κ3) is 3.09. The summed E-state index contributed by atoms with van der Waals surface area (Å²) in [5, 5.41) is 0. The molecule has 2 rings (SSSR count). The normalized spacial score (nSPS) is 12.2. The van der Waals surface area contributed by atoms with Gasteiger partial charge >= 0.3 is 0 Å². The highest BCUT2D eigenvalue weighted by Crippen LogP contribution is 2.30. The molecule has 0 bridgehead atoms. The van der Waals surface area contributed by atoms with Gasteiger partial charge in [-0.1, -0.05) is 34.1 Å². The van der Waals surface area contributed by atoms with Crippen molar-refractivity contribution in [1.82, 2.24) is 0 Å². The molecular formula is C14H13BrFNO. The summed E-state index contributed by atoms with van der Waals surface area (Å²) in [6.45, 7) is 1.88. The van der Waals surface area contributed by atoms with Gasteiger partial charge in [0.1, 0.15) is 17.3 Å². The molecule has 0 saturated heterocycles. The van der Waals surface area contributed by atoms with Gasteiger partial charge in [0.2, 0.25) is 0 Å². The Morgan fingerprint density at radius 2 is 1.94 bits per heavy atom. The van der Waals surface area contributed by atoms with Crippen molar-refractivity contribution in [3.63, 3.8) is 0 Å². The summed E-state index contributed by atoms with van der Waals surface area (Å²) in [5.41, 5.74) is 6.75. The Morgan fingerprint density at radius 3 is 2.61 bits per heavy atom. The van der Waals surface area contributed by atoms with Gasteiger partial charge in [-0.3, -0.25) is 0 Å². The highest BCUT2D eigenvalue weighted by atomic mass is 79.9. The minimum Gasteiger partial charge on any atom is -0.457 e. The van der Waals surface area contributed by atoms with Gasteiger partial charge in [0.05, 0.1) is 0 Å². The van der Waals surface area contributed by atoms with E-state index in [1.54, 1.807) is 6.07 Å². The molecule has 0 amide bonds. The van der Waals surface area contributed by atoms with Gasteiger partial charge < -0.3 is 10.5 Å². The van der Waals surface area contributed by atoms with E-state index in [9.17, 15) is 4.39 Å². The van der Waals surface area contributed by atoms with Gasteiger partial charge in [-0.2, -0.15) is 0 Å². The second-order valence-electron chi connectivity index (χ2n) is 4.03. The van der Waals surface area contributed by atoms with Crippen molar-refractivity contribution in [2.24, 2.45) is 5.73 Å². The Hall–Kier alpha value is -1.39. The molecule has 0 aliphatic heterocycles. The number of halogens is 2. The second-order valence-corrected chi connectivity index (χ2v) is 4.95. The summed E-state index contributed by atoms with van der Waals surface area (Å²) in [6.07, 6.45) is 0. The van der Waals surface area contributed by atoms with Crippen LogP contribution >= 0.6 is 15.9 Å². The zero-order valence-electron chi connectivity index (χ0n) is 9.86. The maximum atomic E-state index is 13.3. The standard InChI is InChI=1S/C14H13BrFNO/c1-9(17)13-4-2-3-5-14(13)18-12-7-10(15)6-11(16)8-12/h2-9H,17H2,1H3/t9-/m1/s1. The van der Waals surface area contributed by atoms with Crippen LogP contribution in [0.1, 0.15) is 18.5 Å². The second kappa shape index (κ2) is 5.50. The highest BCUT2D eigenvalue weighted by Gasteiger charge is 2.09. The van der Waals surface area contributed by atoms with Crippen molar-refractivity contribution in [3.8, 4) is 11.5 Å². The van der Waals surface area contributed by atoms with Crippen molar-refractivity contribution in [3.05, 3.63) is 58.3 Å². The first-order chi connectivity index (χ1) is 8.56. The van der Waals surface area contributed by atoms with E-state index in [0.29, 0.717) is 16.0 Å². The molecule has 0 unspecified atom stereocenters. The predicted molar refractivity (Wildman–Crippen MR) is 73.2 cm³/mol. The minimum absolute atomic E-state index is 0.141. The fourth-order valence-corrected chi connectivity index (χ4v) is 2.11. The van der Waals surface area contributed by atoms with Crippen molar-refractivity contribution in [2.75, 3.05) is 0 Å². The zero-order valence-corrected chi connectivity index (χ0v) is 11.4. The van der Waals surface area contributed by atoms with Crippen molar-refractivity contribution < 1.29 is 9.13 Å². The van der Waals surface area contributed by atoms with E-state index in [1.807, 2.05) is 31.2 Å². The van der Waals surface area contributed by atoms with E-state index in [2.05, 4.69) is 15.9 Å². The quantitative estimate of drug-likeness (QED) is 0.912. The first-order valence-electron chi connectivity index (χ1n) is 5.54. The molecule has 0 aliphatic rings. The van der Waals surface area contributed by atoms with Crippen LogP contribution in [0.5, 0.6) is 11.5 Å². The molecule has 1 atom stereocenters. The lowest BCUT2D eigenvalue weighted by Gasteiger charge is -2.13. The molecule has 0 fully saturated rings. The molecule has 0 aliphatic carbocycles. The monoisotopic (exact) mass is 309 g/mol. The molecule has 0 radical (unpaired) electrons. The maximum absolute atomic E-state index is 13.3. The molecule has 2 N–H and O–H groups in total. The Kier molecular flexibility index (Phi) is 3.99. The van der Waals surface area contributed by atoms with E-state index in [1.165, 1.54) is 12.1 Å². The van der Waals surface area contributed by atoms with Gasteiger partial charge in [-0.25, -0.2) is 4.39 Å². The molecule has 0 aromatic heterocycles. The number of hydrogen-bond donors (Lipinski definition) is 1. The van der Waals surface area contributed by atoms with Crippen LogP contribution in [0.25, 0.3) is 0 Å². The first-order valence-corrected chi connectivity index (χ1v) is 6.34. The first kappa shape index (κ1) is 13.1. The third-order valence-electron chi connectivity index (χ3n) is 2.47. The molecule has 0 heterocycles. The van der Waals surface area contributed by atoms with E-state index in [4.69, 9.17) is 10.5 Å². The Balaban J connectivity index is 2.34. The topological polar surface area (TPSA) is 35.2 Å². The lowest BCUT2D eigenvalue weighted by molar-refractivity contribution is 0.466. The molecule has 0 spiro atoms. The summed E-state index contributed by atoms with van der Waals surface area (Å²) < 4.78 is 19.6. The fraction of sp³-hybridized carbons (Fsp3) is 0.143. The molecule has 2 aromatic rings. The summed E-state index contributed by atoms with van der Waals surface area (Å²) in [4.78, 5) is 0. The van der Waals surface area contributed by atoms with Crippen LogP contribution in [0, 0.1) is 5.82 Å². The highest BCUT2D eigenvalue weighted by molar-refractivity contribution is 9.10. The predicted octanol–water partition coefficient (Wildman–Crippen LogP) is 4.40. The molecule has 2 nitrogen and oxygen atoms in total. The van der Waals surface area contributed by atoms with Gasteiger partial charge in [-0.05, 0) is 25.1 Å². The van der Waals surface area contributed by atoms with Crippen molar-refractivity contribution in [1.29, 1.82) is 0 Å². The minimum atomic E-state index is -0.349. The van der Waals surface area contributed by atoms with Gasteiger partial charge in [0, 0.05) is 22.1 Å². The maximum Gasteiger partial charge on any atom is 0.132 e. The SMILES string of the molecule is C[C@@H](N)c1ccccc1Oc1cc(F)cc(Br)c1. The van der Waals surface area contributed by atoms with E-state index >= 15 is 0 Å². The third-order valence-corrected chi connectivity index (χ3v) is 2.93. The average Bonchev–Trinajstić information content (AvgIpc) is 2.27. The Morgan fingerprint density at radius 1 is 1.22 bits per heavy atom. The lowest BCUT2D eigenvalue weighted by Crippen LogP contribution is -2.06. The largest absolute Gasteiger partial charge is 0.457 e. The summed E-state index contributed by atoms with van der Waals surface area (Å²) in [6, 6.07) is 11.8. The van der Waals surface area contributed by atoms with Crippen LogP contribution in [0.2, 0.25) is 0 Å². The molecule has 2 aromatic carbocycles. The van der Waals surface area contributed by atoms with Crippen molar-refractivity contribution >= 4 is 15.9 Å². The summed E-state index contributed by atoms with van der Waals surface area (Å²) in [7, 11) is 0. The van der Waals surface area contributed by atoms with Crippen LogP contribution in [0.15, 0.2) is 46.9 Å². The van der Waals surface area contributed by atoms with Crippen LogP contribution in [-0.2, 0) is 0 Å². The van der Waals surface area contributed by atoms with Crippen LogP contribution in [0.3, 0.4) is 0 Å². The van der Waals surface area contributed by atoms with E-state index in [-0.39, 0.29) is 11.9 Å². The average molecular weight is 310 g/mol. The Labute approximate surface area is 114 Å². The number of nitrogens with two attached hydrogens (primary N) is 1. The van der Waals surface area contributed by atoms with E-state index < -0.39 is 0 Å². The zero-order chi connectivity index (χ0) is 13.1. The number of hydrogen-bond acceptors (Lipinski definition) is 2. The molecule has 4 heteroatoms. The smallest absolute Gasteiger partial charge is 0.132 e. The number of ether oxygens (including phenoxy) is 1. The molecule has 0 saturated carbocycles. The molecule has 94 valence electrons. The Bertz CT molecular complexity index is 537. The number of benzene rings is 2. The summed E-state index contributed by atoms with van der Waals surface area (Å²) in [5.74, 6) is 0.734. The van der Waals surface area contributed by atoms with Crippen LogP contribution in [-0.4, -0.2) is 0 Å². The van der Waals surface area contributed by atoms with Crippen molar-refractivity contribution in [2.45, 2.75) is 13.0 Å². The van der Waals surface area contributed by atoms with Gasteiger partial charge in [0.15, 0.2) is 0 Å². The molecule has 18 heavy (non-hydrogen) atoms. The van der Waals surface area contributed by atoms with Crippen LogP contribution in [0.4, 0.5) is 4.39 Å².